The van der Waals surface area contributed by atoms with Gasteiger partial charge in [-0.3, -0.25) is 14.5 Å². The van der Waals surface area contributed by atoms with Crippen LogP contribution in [0.1, 0.15) is 11.8 Å². The first kappa shape index (κ1) is 20.9. The molecule has 146 valence electrons. The number of benzene rings is 2. The number of methoxy groups -OCH3 is 1. The smallest absolute Gasteiger partial charge is 0.318 e. The monoisotopic (exact) mass is 414 g/mol. The fourth-order valence-electron chi connectivity index (χ4n) is 2.12. The zero-order valence-corrected chi connectivity index (χ0v) is 16.0. The Kier molecular flexibility index (Phi) is 6.94. The lowest BCUT2D eigenvalue weighted by atomic mass is 10.2. The second-order valence-corrected chi connectivity index (χ2v) is 7.70. The van der Waals surface area contributed by atoms with E-state index in [0.717, 1.165) is 0 Å². The number of guanidine groups is 1. The van der Waals surface area contributed by atoms with Crippen LogP contribution >= 0.6 is 8.25 Å². The quantitative estimate of drug-likeness (QED) is 0.187. The van der Waals surface area contributed by atoms with Crippen LogP contribution in [-0.2, 0) is 19.1 Å². The summed E-state index contributed by atoms with van der Waals surface area (Å²) in [6.07, 6.45) is -1.39. The Morgan fingerprint density at radius 3 is 2.26 bits per heavy atom. The highest BCUT2D eigenvalue weighted by molar-refractivity contribution is 7.89. The van der Waals surface area contributed by atoms with E-state index in [9.17, 15) is 13.0 Å². The van der Waals surface area contributed by atoms with Gasteiger partial charge in [-0.2, -0.15) is 4.72 Å². The molecular formula is C15H19N4O6PS. The van der Waals surface area contributed by atoms with Gasteiger partial charge >= 0.3 is 8.25 Å². The average Bonchev–Trinajstić information content (AvgIpc) is 2.61. The molecule has 0 amide bonds. The third-order valence-corrected chi connectivity index (χ3v) is 5.20. The SMILES string of the molecule is COc1ccc(S(=O)(=O)NC(O[PH](=O)O)c2ccc(NC(=N)N)cc2)cc1. The minimum absolute atomic E-state index is 0.0654. The zero-order chi connectivity index (χ0) is 20.0. The molecule has 2 aromatic carbocycles. The third-order valence-electron chi connectivity index (χ3n) is 3.34. The average molecular weight is 414 g/mol. The molecule has 0 aliphatic heterocycles. The van der Waals surface area contributed by atoms with Crippen molar-refractivity contribution in [2.75, 3.05) is 12.4 Å². The van der Waals surface area contributed by atoms with E-state index in [0.29, 0.717) is 11.4 Å². The summed E-state index contributed by atoms with van der Waals surface area (Å²) in [7, 11) is -6.03. The second-order valence-electron chi connectivity index (χ2n) is 5.22. The van der Waals surface area contributed by atoms with Crippen molar-refractivity contribution in [3.8, 4) is 5.75 Å². The Morgan fingerprint density at radius 1 is 1.19 bits per heavy atom. The highest BCUT2D eigenvalue weighted by Crippen LogP contribution is 2.29. The molecule has 27 heavy (non-hydrogen) atoms. The molecule has 0 fully saturated rings. The Balaban J connectivity index is 2.27. The summed E-state index contributed by atoms with van der Waals surface area (Å²) in [6, 6.07) is 11.6. The number of ether oxygens (including phenoxy) is 1. The van der Waals surface area contributed by atoms with Gasteiger partial charge in [0.1, 0.15) is 5.75 Å². The normalized spacial score (nSPS) is 13.6. The predicted octanol–water partition coefficient (Wildman–Crippen LogP) is 1.38. The topological polar surface area (TPSA) is 164 Å². The molecule has 0 aliphatic rings. The molecule has 10 nitrogen and oxygen atoms in total. The van der Waals surface area contributed by atoms with Crippen molar-refractivity contribution in [3.05, 3.63) is 54.1 Å². The Bertz CT molecular complexity index is 918. The molecule has 12 heteroatoms. The van der Waals surface area contributed by atoms with Crippen LogP contribution in [0.15, 0.2) is 53.4 Å². The predicted molar refractivity (Wildman–Crippen MR) is 100 cm³/mol. The van der Waals surface area contributed by atoms with Gasteiger partial charge in [-0.05, 0) is 42.0 Å². The summed E-state index contributed by atoms with van der Waals surface area (Å²) in [4.78, 5) is 9.04. The minimum atomic E-state index is -4.04. The van der Waals surface area contributed by atoms with Crippen molar-refractivity contribution < 1.29 is 27.1 Å². The van der Waals surface area contributed by atoms with Crippen molar-refractivity contribution in [2.24, 2.45) is 5.73 Å². The molecule has 2 atom stereocenters. The third kappa shape index (κ3) is 6.05. The van der Waals surface area contributed by atoms with Crippen molar-refractivity contribution in [2.45, 2.75) is 11.1 Å². The Labute approximate surface area is 156 Å². The highest BCUT2D eigenvalue weighted by Gasteiger charge is 2.23. The number of anilines is 1. The number of hydrogen-bond donors (Lipinski definition) is 5. The summed E-state index contributed by atoms with van der Waals surface area (Å²) >= 11 is 0. The van der Waals surface area contributed by atoms with Crippen LogP contribution in [0.3, 0.4) is 0 Å². The van der Waals surface area contributed by atoms with Crippen LogP contribution in [0, 0.1) is 5.41 Å². The van der Waals surface area contributed by atoms with E-state index in [1.807, 2.05) is 0 Å². The van der Waals surface area contributed by atoms with Gasteiger partial charge in [0.25, 0.3) is 0 Å². The molecule has 2 unspecified atom stereocenters. The Morgan fingerprint density at radius 2 is 1.78 bits per heavy atom. The zero-order valence-electron chi connectivity index (χ0n) is 14.2. The van der Waals surface area contributed by atoms with E-state index in [4.69, 9.17) is 25.3 Å². The van der Waals surface area contributed by atoms with Gasteiger partial charge in [-0.25, -0.2) is 8.42 Å². The largest absolute Gasteiger partial charge is 0.497 e. The maximum absolute atomic E-state index is 12.5. The van der Waals surface area contributed by atoms with Gasteiger partial charge < -0.3 is 20.7 Å². The lowest BCUT2D eigenvalue weighted by molar-refractivity contribution is 0.181. The van der Waals surface area contributed by atoms with Gasteiger partial charge in [0.15, 0.2) is 12.2 Å². The number of rotatable bonds is 8. The van der Waals surface area contributed by atoms with Crippen LogP contribution in [0.5, 0.6) is 5.75 Å². The van der Waals surface area contributed by atoms with Gasteiger partial charge in [-0.15, -0.1) is 0 Å². The second kappa shape index (κ2) is 8.98. The molecular weight excluding hydrogens is 395 g/mol. The maximum atomic E-state index is 12.5. The van der Waals surface area contributed by atoms with Gasteiger partial charge in [0.05, 0.1) is 12.0 Å². The molecule has 0 radical (unpaired) electrons. The number of sulfonamides is 1. The molecule has 0 bridgehead atoms. The molecule has 2 rings (SSSR count). The van der Waals surface area contributed by atoms with Crippen molar-refractivity contribution in [1.82, 2.24) is 4.72 Å². The summed E-state index contributed by atoms with van der Waals surface area (Å²) in [5.74, 6) is 0.215. The molecule has 2 aromatic rings. The van der Waals surface area contributed by atoms with Crippen LogP contribution < -0.4 is 20.5 Å². The summed E-state index contributed by atoms with van der Waals surface area (Å²) < 4.78 is 48.3. The summed E-state index contributed by atoms with van der Waals surface area (Å²) in [5.41, 5.74) is 6.00. The van der Waals surface area contributed by atoms with Crippen LogP contribution in [0.25, 0.3) is 0 Å². The molecule has 0 aliphatic carbocycles. The van der Waals surface area contributed by atoms with Crippen molar-refractivity contribution >= 4 is 29.9 Å². The molecule has 0 aromatic heterocycles. The van der Waals surface area contributed by atoms with Crippen LogP contribution in [0.4, 0.5) is 5.69 Å². The minimum Gasteiger partial charge on any atom is -0.497 e. The summed E-state index contributed by atoms with van der Waals surface area (Å²) in [6.45, 7) is 0. The first-order chi connectivity index (χ1) is 12.7. The standard InChI is InChI=1S/C15H19N4O6PS/c1-24-12-6-8-13(9-7-12)27(22,23)19-14(25-26(20)21)10-2-4-11(5-3-10)18-15(16)17/h2-9,14,19,26H,1H3,(H,20,21)(H4,16,17,18). The van der Waals surface area contributed by atoms with E-state index in [-0.39, 0.29) is 16.4 Å². The van der Waals surface area contributed by atoms with Crippen molar-refractivity contribution in [1.29, 1.82) is 5.41 Å². The molecule has 0 heterocycles. The number of hydrogen-bond acceptors (Lipinski definition) is 6. The van der Waals surface area contributed by atoms with E-state index in [2.05, 4.69) is 10.0 Å². The number of nitrogens with one attached hydrogen (secondary N) is 3. The number of nitrogens with two attached hydrogens (primary N) is 1. The highest BCUT2D eigenvalue weighted by atomic mass is 32.2. The first-order valence-electron chi connectivity index (χ1n) is 7.48. The lowest BCUT2D eigenvalue weighted by Crippen LogP contribution is -2.29. The van der Waals surface area contributed by atoms with Gasteiger partial charge in [0.2, 0.25) is 10.0 Å². The fraction of sp³-hybridized carbons (Fsp3) is 0.133. The first-order valence-corrected chi connectivity index (χ1v) is 10.2. The van der Waals surface area contributed by atoms with Crippen molar-refractivity contribution in [3.63, 3.8) is 0 Å². The van der Waals surface area contributed by atoms with E-state index < -0.39 is 24.5 Å². The maximum Gasteiger partial charge on any atom is 0.318 e. The fourth-order valence-corrected chi connectivity index (χ4v) is 3.70. The van der Waals surface area contributed by atoms with Gasteiger partial charge in [0, 0.05) is 5.69 Å². The van der Waals surface area contributed by atoms with E-state index in [1.165, 1.54) is 55.6 Å². The molecule has 6 N–H and O–H groups in total. The van der Waals surface area contributed by atoms with E-state index in [1.54, 1.807) is 0 Å². The lowest BCUT2D eigenvalue weighted by Gasteiger charge is -2.19. The molecule has 0 saturated heterocycles. The van der Waals surface area contributed by atoms with Gasteiger partial charge in [-0.1, -0.05) is 12.1 Å². The van der Waals surface area contributed by atoms with E-state index >= 15 is 0 Å². The molecule has 0 saturated carbocycles. The summed E-state index contributed by atoms with van der Waals surface area (Å²) in [5, 5.41) is 9.74. The molecule has 0 spiro atoms. The Hall–Kier alpha value is -2.43. The van der Waals surface area contributed by atoms with Crippen LogP contribution in [0.2, 0.25) is 0 Å². The van der Waals surface area contributed by atoms with Crippen LogP contribution in [-0.4, -0.2) is 26.4 Å².